The van der Waals surface area contributed by atoms with Gasteiger partial charge in [0.1, 0.15) is 5.02 Å². The molecule has 7 nitrogen and oxygen atoms in total. The number of hydrogen-bond acceptors (Lipinski definition) is 6. The van der Waals surface area contributed by atoms with Crippen LogP contribution in [0.1, 0.15) is 35.9 Å². The predicted octanol–water partition coefficient (Wildman–Crippen LogP) is 2.82. The van der Waals surface area contributed by atoms with Crippen molar-refractivity contribution in [3.8, 4) is 5.88 Å². The van der Waals surface area contributed by atoms with Crippen LogP contribution in [-0.2, 0) is 11.3 Å². The van der Waals surface area contributed by atoms with E-state index in [1.54, 1.807) is 6.07 Å². The Labute approximate surface area is 183 Å². The number of nitrogen functional groups attached to an aromatic ring is 1. The van der Waals surface area contributed by atoms with E-state index in [9.17, 15) is 13.2 Å². The predicted molar refractivity (Wildman–Crippen MR) is 110 cm³/mol. The van der Waals surface area contributed by atoms with Gasteiger partial charge in [-0.2, -0.15) is 13.2 Å². The molecular weight excluding hydrogens is 435 g/mol. The van der Waals surface area contributed by atoms with Gasteiger partial charge in [0.05, 0.1) is 24.9 Å². The van der Waals surface area contributed by atoms with Crippen LogP contribution in [0.25, 0.3) is 0 Å². The van der Waals surface area contributed by atoms with E-state index in [0.29, 0.717) is 31.1 Å². The van der Waals surface area contributed by atoms with Crippen LogP contribution in [0, 0.1) is 6.92 Å². The maximum atomic E-state index is 12.3. The minimum atomic E-state index is -4.46. The molecule has 0 bridgehead atoms. The van der Waals surface area contributed by atoms with Gasteiger partial charge in [-0.15, -0.1) is 0 Å². The Morgan fingerprint density at radius 2 is 2.26 bits per heavy atom. The van der Waals surface area contributed by atoms with Gasteiger partial charge >= 0.3 is 6.18 Å². The summed E-state index contributed by atoms with van der Waals surface area (Å²) in [5.74, 6) is 0.362. The second-order valence-corrected chi connectivity index (χ2v) is 7.77. The second kappa shape index (κ2) is 9.99. The summed E-state index contributed by atoms with van der Waals surface area (Å²) in [7, 11) is 0. The number of hydrogen-bond donors (Lipinski definition) is 3. The summed E-state index contributed by atoms with van der Waals surface area (Å²) < 4.78 is 49.3. The van der Waals surface area contributed by atoms with Crippen molar-refractivity contribution in [2.24, 2.45) is 0 Å². The molecular formula is C20H26ClF3N5O2+. The molecule has 0 spiro atoms. The van der Waals surface area contributed by atoms with Crippen LogP contribution in [0.2, 0.25) is 5.02 Å². The molecule has 3 rings (SSSR count). The number of nitrogens with one attached hydrogen (secondary N) is 2. The summed E-state index contributed by atoms with van der Waals surface area (Å²) in [5.41, 5.74) is 9.11. The summed E-state index contributed by atoms with van der Waals surface area (Å²) in [6, 6.07) is 3.35. The standard InChI is InChI=1S/C20H25ClF3N5O2/c1-12-3-5-29(17-10-26-4-6-30-17)18(25)15(12)9-27-13(2)14-7-16(21)19(28-8-14)31-11-20(22,23)24/h3,5,7-8,13,17,25-27H,4,6,9-11H2,1-2H3/p+1. The van der Waals surface area contributed by atoms with Crippen LogP contribution in [0.3, 0.4) is 0 Å². The highest BCUT2D eigenvalue weighted by atomic mass is 35.5. The van der Waals surface area contributed by atoms with Crippen molar-refractivity contribution in [3.05, 3.63) is 46.2 Å². The van der Waals surface area contributed by atoms with E-state index in [1.165, 1.54) is 6.20 Å². The molecule has 2 unspecified atom stereocenters. The molecule has 0 aliphatic carbocycles. The lowest BCUT2D eigenvalue weighted by Gasteiger charge is -2.24. The molecule has 0 aromatic carbocycles. The summed E-state index contributed by atoms with van der Waals surface area (Å²) in [4.78, 5) is 3.92. The zero-order valence-corrected chi connectivity index (χ0v) is 18.1. The quantitative estimate of drug-likeness (QED) is 0.551. The summed E-state index contributed by atoms with van der Waals surface area (Å²) >= 11 is 6.05. The molecule has 0 amide bonds. The first kappa shape index (κ1) is 23.5. The van der Waals surface area contributed by atoms with Gasteiger partial charge in [0, 0.05) is 25.3 Å². The van der Waals surface area contributed by atoms with E-state index < -0.39 is 12.8 Å². The number of anilines is 1. The minimum absolute atomic E-state index is 0.0191. The topological polar surface area (TPSA) is 85.3 Å². The molecule has 170 valence electrons. The number of nitrogens with zero attached hydrogens (tertiary/aromatic N) is 2. The highest BCUT2D eigenvalue weighted by Crippen LogP contribution is 2.27. The Balaban J connectivity index is 1.67. The van der Waals surface area contributed by atoms with Gasteiger partial charge in [0.25, 0.3) is 5.82 Å². The van der Waals surface area contributed by atoms with Gasteiger partial charge in [0.15, 0.2) is 6.61 Å². The highest BCUT2D eigenvalue weighted by Gasteiger charge is 2.29. The first-order valence-electron chi connectivity index (χ1n) is 9.85. The fraction of sp³-hybridized carbons (Fsp3) is 0.500. The number of ether oxygens (including phenoxy) is 2. The molecule has 0 saturated carbocycles. The maximum absolute atomic E-state index is 12.3. The lowest BCUT2D eigenvalue weighted by atomic mass is 10.1. The molecule has 4 N–H and O–H groups in total. The van der Waals surface area contributed by atoms with Crippen molar-refractivity contribution in [1.82, 2.24) is 15.6 Å². The third kappa shape index (κ3) is 6.19. The second-order valence-electron chi connectivity index (χ2n) is 7.36. The first-order chi connectivity index (χ1) is 14.7. The van der Waals surface area contributed by atoms with Crippen molar-refractivity contribution in [2.45, 2.75) is 38.8 Å². The van der Waals surface area contributed by atoms with E-state index in [-0.39, 0.29) is 23.2 Å². The minimum Gasteiger partial charge on any atom is -0.467 e. The van der Waals surface area contributed by atoms with E-state index in [4.69, 9.17) is 22.1 Å². The van der Waals surface area contributed by atoms with Gasteiger partial charge in [-0.3, -0.25) is 5.73 Å². The van der Waals surface area contributed by atoms with Gasteiger partial charge in [-0.1, -0.05) is 11.6 Å². The Bertz CT molecular complexity index is 907. The molecule has 1 fully saturated rings. The smallest absolute Gasteiger partial charge is 0.422 e. The maximum Gasteiger partial charge on any atom is 0.422 e. The average Bonchev–Trinajstić information content (AvgIpc) is 2.72. The number of morpholine rings is 1. The van der Waals surface area contributed by atoms with Crippen molar-refractivity contribution in [2.75, 3.05) is 32.0 Å². The first-order valence-corrected chi connectivity index (χ1v) is 10.2. The number of nitrogens with two attached hydrogens (primary N) is 1. The number of halogens is 4. The van der Waals surface area contributed by atoms with Crippen LogP contribution >= 0.6 is 11.6 Å². The summed E-state index contributed by atoms with van der Waals surface area (Å²) in [6.45, 7) is 5.02. The van der Waals surface area contributed by atoms with Crippen molar-refractivity contribution >= 4 is 17.4 Å². The van der Waals surface area contributed by atoms with Crippen LogP contribution in [0.4, 0.5) is 19.0 Å². The molecule has 3 heterocycles. The Hall–Kier alpha value is -2.14. The molecule has 1 aliphatic rings. The van der Waals surface area contributed by atoms with E-state index in [1.807, 2.05) is 30.7 Å². The van der Waals surface area contributed by atoms with E-state index in [2.05, 4.69) is 20.4 Å². The van der Waals surface area contributed by atoms with Crippen LogP contribution in [-0.4, -0.2) is 37.5 Å². The van der Waals surface area contributed by atoms with E-state index in [0.717, 1.165) is 17.7 Å². The molecule has 31 heavy (non-hydrogen) atoms. The number of aromatic nitrogens is 2. The zero-order valence-electron chi connectivity index (χ0n) is 17.3. The van der Waals surface area contributed by atoms with Gasteiger partial charge in [-0.25, -0.2) is 9.55 Å². The molecule has 1 aliphatic heterocycles. The van der Waals surface area contributed by atoms with Gasteiger partial charge < -0.3 is 20.1 Å². The fourth-order valence-electron chi connectivity index (χ4n) is 3.25. The summed E-state index contributed by atoms with van der Waals surface area (Å²) in [6.07, 6.45) is -1.27. The number of aryl methyl sites for hydroxylation is 1. The van der Waals surface area contributed by atoms with E-state index >= 15 is 0 Å². The van der Waals surface area contributed by atoms with Gasteiger partial charge in [-0.05, 0) is 37.1 Å². The van der Waals surface area contributed by atoms with Crippen molar-refractivity contribution in [1.29, 1.82) is 0 Å². The average molecular weight is 461 g/mol. The van der Waals surface area contributed by atoms with Crippen LogP contribution in [0.15, 0.2) is 24.5 Å². The lowest BCUT2D eigenvalue weighted by Crippen LogP contribution is -2.52. The third-order valence-corrected chi connectivity index (χ3v) is 5.32. The third-order valence-electron chi connectivity index (χ3n) is 5.05. The molecule has 0 radical (unpaired) electrons. The van der Waals surface area contributed by atoms with Crippen LogP contribution in [0.5, 0.6) is 5.88 Å². The zero-order chi connectivity index (χ0) is 22.6. The van der Waals surface area contributed by atoms with Gasteiger partial charge in [0.2, 0.25) is 12.1 Å². The monoisotopic (exact) mass is 460 g/mol. The van der Waals surface area contributed by atoms with Crippen LogP contribution < -0.4 is 25.7 Å². The summed E-state index contributed by atoms with van der Waals surface area (Å²) in [5, 5.41) is 6.66. The molecule has 2 atom stereocenters. The molecule has 2 aromatic heterocycles. The number of alkyl halides is 3. The largest absolute Gasteiger partial charge is 0.467 e. The van der Waals surface area contributed by atoms with Crippen molar-refractivity contribution < 1.29 is 27.2 Å². The Morgan fingerprint density at radius 1 is 1.48 bits per heavy atom. The molecule has 11 heteroatoms. The SMILES string of the molecule is Cc1cc[n+](C2CNCCO2)c(N)c1CNC(C)c1cnc(OCC(F)(F)F)c(Cl)c1. The normalized spacial score (nSPS) is 18.1. The lowest BCUT2D eigenvalue weighted by molar-refractivity contribution is -0.750. The Morgan fingerprint density at radius 3 is 2.90 bits per heavy atom. The molecule has 1 saturated heterocycles. The number of pyridine rings is 2. The highest BCUT2D eigenvalue weighted by molar-refractivity contribution is 6.31. The van der Waals surface area contributed by atoms with Crippen molar-refractivity contribution in [3.63, 3.8) is 0 Å². The molecule has 2 aromatic rings. The number of rotatable bonds is 7. The fourth-order valence-corrected chi connectivity index (χ4v) is 3.48. The Kier molecular flexibility index (Phi) is 7.58.